The molecule has 0 aliphatic carbocycles. The summed E-state index contributed by atoms with van der Waals surface area (Å²) in [5.41, 5.74) is 2.86. The number of aryl methyl sites for hydroxylation is 1. The molecule has 0 bridgehead atoms. The minimum absolute atomic E-state index is 0.742. The predicted molar refractivity (Wildman–Crippen MR) is 62.5 cm³/mol. The second kappa shape index (κ2) is 5.33. The molecule has 1 heteroatoms. The summed E-state index contributed by atoms with van der Waals surface area (Å²) in [7, 11) is 0. The second-order valence-electron chi connectivity index (χ2n) is 3.89. The molecule has 0 aliphatic heterocycles. The molecule has 1 aromatic carbocycles. The van der Waals surface area contributed by atoms with Crippen LogP contribution in [0.2, 0.25) is 0 Å². The van der Waals surface area contributed by atoms with Gasteiger partial charge in [0.05, 0.1) is 0 Å². The monoisotopic (exact) mass is 194 g/mol. The number of hydrogen-bond acceptors (Lipinski definition) is 1. The molecule has 13 heavy (non-hydrogen) atoms. The number of rotatable bonds is 4. The van der Waals surface area contributed by atoms with Crippen LogP contribution in [0.4, 0.5) is 0 Å². The maximum Gasteiger partial charge on any atom is -0.00574 e. The lowest BCUT2D eigenvalue weighted by molar-refractivity contribution is 0.647. The highest BCUT2D eigenvalue weighted by Gasteiger charge is 1.98. The van der Waals surface area contributed by atoms with Gasteiger partial charge in [-0.15, -0.1) is 0 Å². The first-order chi connectivity index (χ1) is 6.22. The van der Waals surface area contributed by atoms with Crippen LogP contribution < -0.4 is 0 Å². The van der Waals surface area contributed by atoms with Crippen molar-refractivity contribution in [3.8, 4) is 0 Å². The summed E-state index contributed by atoms with van der Waals surface area (Å²) < 4.78 is 0. The molecule has 0 atom stereocenters. The van der Waals surface area contributed by atoms with Crippen LogP contribution >= 0.6 is 12.6 Å². The predicted octanol–water partition coefficient (Wildman–Crippen LogP) is 3.36. The van der Waals surface area contributed by atoms with Crippen LogP contribution in [0, 0.1) is 5.92 Å². The van der Waals surface area contributed by atoms with Crippen molar-refractivity contribution >= 4 is 12.6 Å². The third kappa shape index (κ3) is 3.86. The van der Waals surface area contributed by atoms with Crippen molar-refractivity contribution in [1.29, 1.82) is 0 Å². The SMILES string of the molecule is CC(C)Cc1cccc(CCS)c1. The third-order valence-electron chi connectivity index (χ3n) is 2.04. The van der Waals surface area contributed by atoms with Gasteiger partial charge in [-0.05, 0) is 35.6 Å². The van der Waals surface area contributed by atoms with Gasteiger partial charge in [0.2, 0.25) is 0 Å². The first kappa shape index (κ1) is 10.6. The third-order valence-corrected chi connectivity index (χ3v) is 2.26. The molecule has 0 aliphatic rings. The highest BCUT2D eigenvalue weighted by atomic mass is 32.1. The summed E-state index contributed by atoms with van der Waals surface area (Å²) >= 11 is 4.24. The second-order valence-corrected chi connectivity index (χ2v) is 4.34. The van der Waals surface area contributed by atoms with Crippen LogP contribution in [0.15, 0.2) is 24.3 Å². The van der Waals surface area contributed by atoms with Crippen LogP contribution in [0.3, 0.4) is 0 Å². The van der Waals surface area contributed by atoms with Gasteiger partial charge in [0.15, 0.2) is 0 Å². The highest BCUT2D eigenvalue weighted by Crippen LogP contribution is 2.11. The summed E-state index contributed by atoms with van der Waals surface area (Å²) in [4.78, 5) is 0. The Hall–Kier alpha value is -0.430. The Morgan fingerprint density at radius 2 is 1.92 bits per heavy atom. The fraction of sp³-hybridized carbons (Fsp3) is 0.500. The van der Waals surface area contributed by atoms with E-state index in [0.29, 0.717) is 0 Å². The van der Waals surface area contributed by atoms with E-state index in [4.69, 9.17) is 0 Å². The molecule has 0 aromatic heterocycles. The van der Waals surface area contributed by atoms with Crippen molar-refractivity contribution in [3.05, 3.63) is 35.4 Å². The topological polar surface area (TPSA) is 0 Å². The average molecular weight is 194 g/mol. The van der Waals surface area contributed by atoms with Crippen LogP contribution in [0.25, 0.3) is 0 Å². The minimum Gasteiger partial charge on any atom is -0.179 e. The highest BCUT2D eigenvalue weighted by molar-refractivity contribution is 7.80. The van der Waals surface area contributed by atoms with E-state index in [9.17, 15) is 0 Å². The Balaban J connectivity index is 2.67. The Morgan fingerprint density at radius 3 is 2.54 bits per heavy atom. The van der Waals surface area contributed by atoms with Gasteiger partial charge in [-0.25, -0.2) is 0 Å². The van der Waals surface area contributed by atoms with Gasteiger partial charge in [-0.3, -0.25) is 0 Å². The quantitative estimate of drug-likeness (QED) is 0.698. The molecule has 0 radical (unpaired) electrons. The summed E-state index contributed by atoms with van der Waals surface area (Å²) in [5.74, 6) is 1.68. The molecule has 0 fully saturated rings. The maximum atomic E-state index is 4.24. The Bertz CT molecular complexity index is 253. The number of hydrogen-bond donors (Lipinski definition) is 1. The van der Waals surface area contributed by atoms with Gasteiger partial charge in [0.25, 0.3) is 0 Å². The Kier molecular flexibility index (Phi) is 4.37. The van der Waals surface area contributed by atoms with Gasteiger partial charge in [-0.1, -0.05) is 38.1 Å². The van der Waals surface area contributed by atoms with Crippen molar-refractivity contribution in [3.63, 3.8) is 0 Å². The normalized spacial score (nSPS) is 10.8. The molecule has 0 N–H and O–H groups in total. The largest absolute Gasteiger partial charge is 0.179 e. The summed E-state index contributed by atoms with van der Waals surface area (Å²) in [6, 6.07) is 8.84. The number of thiol groups is 1. The van der Waals surface area contributed by atoms with Crippen LogP contribution in [0.5, 0.6) is 0 Å². The van der Waals surface area contributed by atoms with E-state index in [-0.39, 0.29) is 0 Å². The molecular formula is C12H18S. The fourth-order valence-electron chi connectivity index (χ4n) is 1.51. The van der Waals surface area contributed by atoms with Crippen molar-refractivity contribution in [2.75, 3.05) is 5.75 Å². The van der Waals surface area contributed by atoms with Crippen molar-refractivity contribution in [1.82, 2.24) is 0 Å². The number of benzene rings is 1. The van der Waals surface area contributed by atoms with Gasteiger partial charge in [0, 0.05) is 0 Å². The Morgan fingerprint density at radius 1 is 1.23 bits per heavy atom. The van der Waals surface area contributed by atoms with Crippen LogP contribution in [-0.2, 0) is 12.8 Å². The average Bonchev–Trinajstić information content (AvgIpc) is 2.04. The molecule has 0 saturated carbocycles. The standard InChI is InChI=1S/C12H18S/c1-10(2)8-12-5-3-4-11(9-12)6-7-13/h3-5,9-10,13H,6-8H2,1-2H3. The molecule has 72 valence electrons. The summed E-state index contributed by atoms with van der Waals surface area (Å²) in [5, 5.41) is 0. The van der Waals surface area contributed by atoms with E-state index in [1.165, 1.54) is 17.5 Å². The van der Waals surface area contributed by atoms with Gasteiger partial charge >= 0.3 is 0 Å². The molecular weight excluding hydrogens is 176 g/mol. The van der Waals surface area contributed by atoms with E-state index in [0.717, 1.165) is 18.1 Å². The van der Waals surface area contributed by atoms with Gasteiger partial charge in [-0.2, -0.15) is 12.6 Å². The van der Waals surface area contributed by atoms with Crippen LogP contribution in [-0.4, -0.2) is 5.75 Å². The van der Waals surface area contributed by atoms with Crippen LogP contribution in [0.1, 0.15) is 25.0 Å². The fourth-order valence-corrected chi connectivity index (χ4v) is 1.77. The van der Waals surface area contributed by atoms with E-state index in [1.807, 2.05) is 0 Å². The lowest BCUT2D eigenvalue weighted by Crippen LogP contribution is -1.95. The smallest absolute Gasteiger partial charge is 0.00574 e. The lowest BCUT2D eigenvalue weighted by Gasteiger charge is -2.06. The summed E-state index contributed by atoms with van der Waals surface area (Å²) in [6.45, 7) is 4.51. The first-order valence-electron chi connectivity index (χ1n) is 4.91. The molecule has 1 aromatic rings. The lowest BCUT2D eigenvalue weighted by atomic mass is 10.0. The minimum atomic E-state index is 0.742. The molecule has 0 saturated heterocycles. The molecule has 0 amide bonds. The van der Waals surface area contributed by atoms with E-state index < -0.39 is 0 Å². The van der Waals surface area contributed by atoms with Gasteiger partial charge < -0.3 is 0 Å². The Labute approximate surface area is 86.8 Å². The zero-order valence-corrected chi connectivity index (χ0v) is 9.35. The van der Waals surface area contributed by atoms with E-state index >= 15 is 0 Å². The first-order valence-corrected chi connectivity index (χ1v) is 5.54. The van der Waals surface area contributed by atoms with Gasteiger partial charge in [0.1, 0.15) is 0 Å². The van der Waals surface area contributed by atoms with E-state index in [2.05, 4.69) is 50.7 Å². The molecule has 0 nitrogen and oxygen atoms in total. The molecule has 0 heterocycles. The van der Waals surface area contributed by atoms with Crippen molar-refractivity contribution in [2.45, 2.75) is 26.7 Å². The molecule has 0 unspecified atom stereocenters. The summed E-state index contributed by atoms with van der Waals surface area (Å²) in [6.07, 6.45) is 2.26. The van der Waals surface area contributed by atoms with E-state index in [1.54, 1.807) is 0 Å². The van der Waals surface area contributed by atoms with Crippen molar-refractivity contribution in [2.24, 2.45) is 5.92 Å². The van der Waals surface area contributed by atoms with Crippen molar-refractivity contribution < 1.29 is 0 Å². The molecule has 1 rings (SSSR count). The zero-order valence-electron chi connectivity index (χ0n) is 8.46. The molecule has 0 spiro atoms. The zero-order chi connectivity index (χ0) is 9.68. The maximum absolute atomic E-state index is 4.24.